The first kappa shape index (κ1) is 23.9. The van der Waals surface area contributed by atoms with E-state index in [0.717, 1.165) is 12.0 Å². The molecule has 1 atom stereocenters. The van der Waals surface area contributed by atoms with Gasteiger partial charge in [0.2, 0.25) is 5.91 Å². The second kappa shape index (κ2) is 11.2. The van der Waals surface area contributed by atoms with Gasteiger partial charge in [-0.2, -0.15) is 0 Å². The summed E-state index contributed by atoms with van der Waals surface area (Å²) in [4.78, 5) is 26.4. The summed E-state index contributed by atoms with van der Waals surface area (Å²) in [5.74, 6) is -1.87. The number of sulfone groups is 1. The standard InChI is InChI=1S/C24H30N2O5S/c27-23(25-29)21(13-7-10-19-8-3-1-4-9-19)18-32(30,31)22-14-16-26(17-15-22)24(28)20-11-5-2-6-12-20/h1-6,8-9,11-12,21-22,29H,7,10,13-18H2,(H,25,27). The molecular formula is C24H30N2O5S. The number of benzene rings is 2. The van der Waals surface area contributed by atoms with Crippen LogP contribution in [0.2, 0.25) is 0 Å². The second-order valence-electron chi connectivity index (χ2n) is 8.24. The maximum atomic E-state index is 13.0. The number of hydrogen-bond donors (Lipinski definition) is 2. The van der Waals surface area contributed by atoms with Crippen LogP contribution in [0.15, 0.2) is 60.7 Å². The highest BCUT2D eigenvalue weighted by molar-refractivity contribution is 7.92. The third-order valence-electron chi connectivity index (χ3n) is 6.03. The molecule has 1 aliphatic heterocycles. The Morgan fingerprint density at radius 1 is 1.00 bits per heavy atom. The van der Waals surface area contributed by atoms with Crippen molar-refractivity contribution in [1.29, 1.82) is 0 Å². The zero-order valence-corrected chi connectivity index (χ0v) is 18.8. The average molecular weight is 459 g/mol. The Morgan fingerprint density at radius 3 is 2.19 bits per heavy atom. The lowest BCUT2D eigenvalue weighted by atomic mass is 10.0. The zero-order chi connectivity index (χ0) is 23.0. The molecule has 3 rings (SSSR count). The Morgan fingerprint density at radius 2 is 1.59 bits per heavy atom. The summed E-state index contributed by atoms with van der Waals surface area (Å²) in [6.07, 6.45) is 2.43. The molecule has 2 aromatic rings. The number of rotatable bonds is 9. The van der Waals surface area contributed by atoms with Gasteiger partial charge in [-0.1, -0.05) is 48.5 Å². The van der Waals surface area contributed by atoms with Crippen LogP contribution in [0, 0.1) is 5.92 Å². The van der Waals surface area contributed by atoms with E-state index in [1.807, 2.05) is 36.4 Å². The van der Waals surface area contributed by atoms with Crippen LogP contribution in [-0.4, -0.2) is 54.4 Å². The molecule has 0 aromatic heterocycles. The van der Waals surface area contributed by atoms with Gasteiger partial charge in [-0.3, -0.25) is 14.8 Å². The first-order valence-corrected chi connectivity index (χ1v) is 12.7. The van der Waals surface area contributed by atoms with E-state index >= 15 is 0 Å². The molecule has 8 heteroatoms. The third kappa shape index (κ3) is 6.40. The summed E-state index contributed by atoms with van der Waals surface area (Å²) < 4.78 is 26.1. The Balaban J connectivity index is 1.55. The SMILES string of the molecule is O=C(NO)C(CCCc1ccccc1)CS(=O)(=O)C1CCN(C(=O)c2ccccc2)CC1. The lowest BCUT2D eigenvalue weighted by Gasteiger charge is -2.32. The summed E-state index contributed by atoms with van der Waals surface area (Å²) in [7, 11) is -3.56. The number of carbonyl (C=O) groups is 2. The van der Waals surface area contributed by atoms with Crippen molar-refractivity contribution in [3.05, 3.63) is 71.8 Å². The van der Waals surface area contributed by atoms with E-state index in [2.05, 4.69) is 0 Å². The Labute approximate surface area is 189 Å². The first-order valence-electron chi connectivity index (χ1n) is 10.9. The molecule has 172 valence electrons. The van der Waals surface area contributed by atoms with Crippen molar-refractivity contribution >= 4 is 21.7 Å². The van der Waals surface area contributed by atoms with E-state index in [-0.39, 0.29) is 11.7 Å². The maximum Gasteiger partial charge on any atom is 0.253 e. The molecule has 1 heterocycles. The van der Waals surface area contributed by atoms with Gasteiger partial charge in [-0.15, -0.1) is 0 Å². The molecule has 0 spiro atoms. The fraction of sp³-hybridized carbons (Fsp3) is 0.417. The Hall–Kier alpha value is -2.71. The quantitative estimate of drug-likeness (QED) is 0.444. The van der Waals surface area contributed by atoms with E-state index in [1.165, 1.54) is 0 Å². The summed E-state index contributed by atoms with van der Waals surface area (Å²) in [5.41, 5.74) is 3.33. The Bertz CT molecular complexity index is 988. The van der Waals surface area contributed by atoms with Crippen LogP contribution in [0.5, 0.6) is 0 Å². The van der Waals surface area contributed by atoms with Gasteiger partial charge in [0, 0.05) is 18.7 Å². The molecular weight excluding hydrogens is 428 g/mol. The predicted molar refractivity (Wildman–Crippen MR) is 122 cm³/mol. The van der Waals surface area contributed by atoms with Gasteiger partial charge in [0.05, 0.1) is 16.9 Å². The molecule has 1 saturated heterocycles. The van der Waals surface area contributed by atoms with E-state index in [9.17, 15) is 18.0 Å². The van der Waals surface area contributed by atoms with Crippen LogP contribution >= 0.6 is 0 Å². The van der Waals surface area contributed by atoms with Gasteiger partial charge in [0.15, 0.2) is 9.84 Å². The minimum Gasteiger partial charge on any atom is -0.339 e. The van der Waals surface area contributed by atoms with Crippen LogP contribution in [-0.2, 0) is 21.1 Å². The van der Waals surface area contributed by atoms with Gasteiger partial charge in [-0.25, -0.2) is 13.9 Å². The lowest BCUT2D eigenvalue weighted by Crippen LogP contribution is -2.44. The fourth-order valence-corrected chi connectivity index (χ4v) is 6.26. The van der Waals surface area contributed by atoms with Crippen molar-refractivity contribution in [3.63, 3.8) is 0 Å². The minimum atomic E-state index is -3.56. The molecule has 1 fully saturated rings. The van der Waals surface area contributed by atoms with Crippen LogP contribution in [0.4, 0.5) is 0 Å². The summed E-state index contributed by atoms with van der Waals surface area (Å²) in [6, 6.07) is 18.7. The van der Waals surface area contributed by atoms with Crippen molar-refractivity contribution in [2.24, 2.45) is 5.92 Å². The molecule has 1 unspecified atom stereocenters. The minimum absolute atomic E-state index is 0.0973. The monoisotopic (exact) mass is 458 g/mol. The highest BCUT2D eigenvalue weighted by Gasteiger charge is 2.35. The van der Waals surface area contributed by atoms with Gasteiger partial charge >= 0.3 is 0 Å². The number of likely N-dealkylation sites (tertiary alicyclic amines) is 1. The van der Waals surface area contributed by atoms with Crippen molar-refractivity contribution in [2.75, 3.05) is 18.8 Å². The van der Waals surface area contributed by atoms with Gasteiger partial charge in [0.25, 0.3) is 5.91 Å². The molecule has 2 amide bonds. The smallest absolute Gasteiger partial charge is 0.253 e. The molecule has 7 nitrogen and oxygen atoms in total. The molecule has 1 aliphatic rings. The molecule has 0 bridgehead atoms. The second-order valence-corrected chi connectivity index (χ2v) is 10.6. The average Bonchev–Trinajstić information content (AvgIpc) is 2.83. The van der Waals surface area contributed by atoms with E-state index in [1.54, 1.807) is 34.6 Å². The highest BCUT2D eigenvalue weighted by atomic mass is 32.2. The largest absolute Gasteiger partial charge is 0.339 e. The molecule has 2 aromatic carbocycles. The van der Waals surface area contributed by atoms with E-state index < -0.39 is 26.9 Å². The number of hydrogen-bond acceptors (Lipinski definition) is 5. The maximum absolute atomic E-state index is 13.0. The van der Waals surface area contributed by atoms with Crippen LogP contribution in [0.25, 0.3) is 0 Å². The molecule has 0 saturated carbocycles. The number of aryl methyl sites for hydroxylation is 1. The summed E-state index contributed by atoms with van der Waals surface area (Å²) in [6.45, 7) is 0.727. The van der Waals surface area contributed by atoms with Crippen LogP contribution < -0.4 is 5.48 Å². The predicted octanol–water partition coefficient (Wildman–Crippen LogP) is 2.85. The number of piperidine rings is 1. The van der Waals surface area contributed by atoms with Crippen LogP contribution in [0.1, 0.15) is 41.6 Å². The molecule has 0 aliphatic carbocycles. The fourth-order valence-electron chi connectivity index (χ4n) is 4.18. The van der Waals surface area contributed by atoms with Crippen molar-refractivity contribution in [2.45, 2.75) is 37.4 Å². The van der Waals surface area contributed by atoms with Gasteiger partial charge in [-0.05, 0) is 49.8 Å². The number of carbonyl (C=O) groups excluding carboxylic acids is 2. The summed E-state index contributed by atoms with van der Waals surface area (Å²) >= 11 is 0. The number of nitrogens with one attached hydrogen (secondary N) is 1. The highest BCUT2D eigenvalue weighted by Crippen LogP contribution is 2.23. The zero-order valence-electron chi connectivity index (χ0n) is 18.0. The molecule has 0 radical (unpaired) electrons. The van der Waals surface area contributed by atoms with Crippen molar-refractivity contribution < 1.29 is 23.2 Å². The third-order valence-corrected chi connectivity index (χ3v) is 8.39. The number of hydroxylamine groups is 1. The van der Waals surface area contributed by atoms with Crippen molar-refractivity contribution in [1.82, 2.24) is 10.4 Å². The Kier molecular flexibility index (Phi) is 8.41. The van der Waals surface area contributed by atoms with Crippen LogP contribution in [0.3, 0.4) is 0 Å². The normalized spacial score (nSPS) is 15.8. The van der Waals surface area contributed by atoms with E-state index in [0.29, 0.717) is 44.3 Å². The topological polar surface area (TPSA) is 104 Å². The molecule has 32 heavy (non-hydrogen) atoms. The number of amides is 2. The van der Waals surface area contributed by atoms with Gasteiger partial charge in [0.1, 0.15) is 0 Å². The van der Waals surface area contributed by atoms with Crippen molar-refractivity contribution in [3.8, 4) is 0 Å². The summed E-state index contributed by atoms with van der Waals surface area (Å²) in [5, 5.41) is 8.50. The first-order chi connectivity index (χ1) is 15.4. The molecule has 2 N–H and O–H groups in total. The number of nitrogens with zero attached hydrogens (tertiary/aromatic N) is 1. The lowest BCUT2D eigenvalue weighted by molar-refractivity contribution is -0.132. The van der Waals surface area contributed by atoms with Gasteiger partial charge < -0.3 is 4.90 Å². The van der Waals surface area contributed by atoms with E-state index in [4.69, 9.17) is 5.21 Å².